The molecule has 0 bridgehead atoms. The van der Waals surface area contributed by atoms with Gasteiger partial charge in [0, 0.05) is 17.0 Å². The van der Waals surface area contributed by atoms with Crippen LogP contribution < -0.4 is 10.6 Å². The molecule has 0 saturated heterocycles. The van der Waals surface area contributed by atoms with Crippen LogP contribution >= 0.6 is 23.6 Å². The molecule has 1 aromatic heterocycles. The van der Waals surface area contributed by atoms with Gasteiger partial charge in [-0.2, -0.15) is 0 Å². The van der Waals surface area contributed by atoms with Gasteiger partial charge >= 0.3 is 5.97 Å². The number of carbonyl (C=O) groups is 1. The summed E-state index contributed by atoms with van der Waals surface area (Å²) in [5, 5.41) is 7.51. The van der Waals surface area contributed by atoms with E-state index in [1.807, 2.05) is 36.4 Å². The molecule has 0 spiro atoms. The lowest BCUT2D eigenvalue weighted by atomic mass is 10.1. The van der Waals surface area contributed by atoms with Gasteiger partial charge in [0.05, 0.1) is 12.2 Å². The van der Waals surface area contributed by atoms with Crippen molar-refractivity contribution in [3.05, 3.63) is 82.2 Å². The van der Waals surface area contributed by atoms with E-state index in [4.69, 9.17) is 17.0 Å². The number of thiocarbonyl (C=S) groups is 1. The number of nitrogens with one attached hydrogen (secondary N) is 2. The highest BCUT2D eigenvalue weighted by molar-refractivity contribution is 7.80. The lowest BCUT2D eigenvalue weighted by Crippen LogP contribution is -2.20. The first-order valence-electron chi connectivity index (χ1n) is 9.59. The molecule has 1 heterocycles. The summed E-state index contributed by atoms with van der Waals surface area (Å²) < 4.78 is 5.23. The smallest absolute Gasteiger partial charge is 0.341 e. The zero-order valence-electron chi connectivity index (χ0n) is 16.5. The first-order chi connectivity index (χ1) is 14.1. The molecule has 0 aliphatic rings. The van der Waals surface area contributed by atoms with Gasteiger partial charge in [-0.1, -0.05) is 49.4 Å². The summed E-state index contributed by atoms with van der Waals surface area (Å²) in [6.45, 7) is 4.24. The third kappa shape index (κ3) is 5.89. The summed E-state index contributed by atoms with van der Waals surface area (Å²) in [6, 6.07) is 20.2. The Hall–Kier alpha value is -2.70. The SMILES string of the molecule is CCOC(=O)c1cc(Cc2ccccc2)sc1NC(=S)Nc1cccc(CC)c1. The van der Waals surface area contributed by atoms with Gasteiger partial charge in [-0.25, -0.2) is 4.79 Å². The number of aryl methyl sites for hydroxylation is 1. The molecule has 6 heteroatoms. The molecule has 3 aromatic rings. The largest absolute Gasteiger partial charge is 0.462 e. The summed E-state index contributed by atoms with van der Waals surface area (Å²) in [5.74, 6) is -0.346. The summed E-state index contributed by atoms with van der Waals surface area (Å²) in [5.41, 5.74) is 3.84. The number of carbonyl (C=O) groups excluding carboxylic acids is 1. The maximum absolute atomic E-state index is 12.4. The highest BCUT2D eigenvalue weighted by Gasteiger charge is 2.18. The van der Waals surface area contributed by atoms with Crippen LogP contribution in [0.25, 0.3) is 0 Å². The second-order valence-corrected chi connectivity index (χ2v) is 8.02. The summed E-state index contributed by atoms with van der Waals surface area (Å²) >= 11 is 7.00. The molecular weight excluding hydrogens is 400 g/mol. The van der Waals surface area contributed by atoms with Crippen molar-refractivity contribution in [2.24, 2.45) is 0 Å². The van der Waals surface area contributed by atoms with Crippen molar-refractivity contribution in [2.45, 2.75) is 26.7 Å². The standard InChI is InChI=1S/C23H24N2O2S2/c1-3-16-11-8-12-18(13-16)24-23(28)25-21-20(22(26)27-4-2)15-19(29-21)14-17-9-6-5-7-10-17/h5-13,15H,3-4,14H2,1-2H3,(H2,24,25,28). The Labute approximate surface area is 180 Å². The number of ether oxygens (including phenoxy) is 1. The highest BCUT2D eigenvalue weighted by atomic mass is 32.1. The minimum Gasteiger partial charge on any atom is -0.462 e. The number of anilines is 2. The monoisotopic (exact) mass is 424 g/mol. The Morgan fingerprint density at radius 3 is 2.48 bits per heavy atom. The van der Waals surface area contributed by atoms with Gasteiger partial charge < -0.3 is 15.4 Å². The van der Waals surface area contributed by atoms with Crippen LogP contribution in [-0.4, -0.2) is 17.7 Å². The van der Waals surface area contributed by atoms with E-state index >= 15 is 0 Å². The molecule has 0 atom stereocenters. The molecule has 150 valence electrons. The molecule has 0 fully saturated rings. The average molecular weight is 425 g/mol. The summed E-state index contributed by atoms with van der Waals surface area (Å²) in [4.78, 5) is 13.5. The fourth-order valence-electron chi connectivity index (χ4n) is 2.91. The van der Waals surface area contributed by atoms with Crippen molar-refractivity contribution in [3.63, 3.8) is 0 Å². The van der Waals surface area contributed by atoms with E-state index < -0.39 is 0 Å². The average Bonchev–Trinajstić information content (AvgIpc) is 3.11. The van der Waals surface area contributed by atoms with E-state index in [1.165, 1.54) is 22.5 Å². The zero-order valence-corrected chi connectivity index (χ0v) is 18.2. The number of thiophene rings is 1. The van der Waals surface area contributed by atoms with Crippen LogP contribution in [0.4, 0.5) is 10.7 Å². The van der Waals surface area contributed by atoms with Crippen LogP contribution in [0.3, 0.4) is 0 Å². The third-order valence-electron chi connectivity index (χ3n) is 4.32. The van der Waals surface area contributed by atoms with E-state index in [0.29, 0.717) is 22.3 Å². The molecule has 29 heavy (non-hydrogen) atoms. The van der Waals surface area contributed by atoms with Crippen molar-refractivity contribution >= 4 is 45.3 Å². The quantitative estimate of drug-likeness (QED) is 0.366. The molecule has 0 unspecified atom stereocenters. The van der Waals surface area contributed by atoms with Crippen LogP contribution in [-0.2, 0) is 17.6 Å². The fraction of sp³-hybridized carbons (Fsp3) is 0.217. The second kappa shape index (κ2) is 10.2. The van der Waals surface area contributed by atoms with Gasteiger partial charge in [-0.05, 0) is 54.9 Å². The van der Waals surface area contributed by atoms with Crippen LogP contribution in [0.15, 0.2) is 60.7 Å². The second-order valence-electron chi connectivity index (χ2n) is 6.47. The first kappa shape index (κ1) is 21.0. The van der Waals surface area contributed by atoms with Crippen molar-refractivity contribution in [2.75, 3.05) is 17.2 Å². The Balaban J connectivity index is 1.78. The van der Waals surface area contributed by atoms with E-state index in [1.54, 1.807) is 6.92 Å². The molecule has 2 N–H and O–H groups in total. The fourth-order valence-corrected chi connectivity index (χ4v) is 4.28. The third-order valence-corrected chi connectivity index (χ3v) is 5.57. The molecule has 3 rings (SSSR count). The van der Waals surface area contributed by atoms with E-state index in [-0.39, 0.29) is 5.97 Å². The lowest BCUT2D eigenvalue weighted by molar-refractivity contribution is 0.0528. The van der Waals surface area contributed by atoms with Crippen LogP contribution in [0, 0.1) is 0 Å². The number of hydrogen-bond donors (Lipinski definition) is 2. The van der Waals surface area contributed by atoms with Crippen molar-refractivity contribution in [3.8, 4) is 0 Å². The zero-order chi connectivity index (χ0) is 20.6. The van der Waals surface area contributed by atoms with Crippen molar-refractivity contribution in [1.29, 1.82) is 0 Å². The summed E-state index contributed by atoms with van der Waals surface area (Å²) in [6.07, 6.45) is 1.70. The van der Waals surface area contributed by atoms with Crippen LogP contribution in [0.5, 0.6) is 0 Å². The van der Waals surface area contributed by atoms with Crippen molar-refractivity contribution < 1.29 is 9.53 Å². The Kier molecular flexibility index (Phi) is 7.38. The molecule has 0 radical (unpaired) electrons. The normalized spacial score (nSPS) is 10.4. The maximum Gasteiger partial charge on any atom is 0.341 e. The minimum atomic E-state index is -0.346. The van der Waals surface area contributed by atoms with Gasteiger partial charge in [0.1, 0.15) is 5.00 Å². The molecular formula is C23H24N2O2S2. The van der Waals surface area contributed by atoms with E-state index in [9.17, 15) is 4.79 Å². The van der Waals surface area contributed by atoms with E-state index in [2.05, 4.69) is 41.8 Å². The Morgan fingerprint density at radius 2 is 1.76 bits per heavy atom. The van der Waals surface area contributed by atoms with Gasteiger partial charge in [0.15, 0.2) is 5.11 Å². The predicted molar refractivity (Wildman–Crippen MR) is 125 cm³/mol. The van der Waals surface area contributed by atoms with Gasteiger partial charge in [0.2, 0.25) is 0 Å². The molecule has 0 aliphatic carbocycles. The van der Waals surface area contributed by atoms with E-state index in [0.717, 1.165) is 23.4 Å². The van der Waals surface area contributed by atoms with Gasteiger partial charge in [0.25, 0.3) is 0 Å². The van der Waals surface area contributed by atoms with Crippen molar-refractivity contribution in [1.82, 2.24) is 0 Å². The van der Waals surface area contributed by atoms with Gasteiger partial charge in [-0.3, -0.25) is 0 Å². The van der Waals surface area contributed by atoms with Gasteiger partial charge in [-0.15, -0.1) is 11.3 Å². The number of esters is 1. The lowest BCUT2D eigenvalue weighted by Gasteiger charge is -2.11. The Morgan fingerprint density at radius 1 is 1.00 bits per heavy atom. The first-order valence-corrected chi connectivity index (χ1v) is 10.8. The van der Waals surface area contributed by atoms with Crippen LogP contribution in [0.2, 0.25) is 0 Å². The summed E-state index contributed by atoms with van der Waals surface area (Å²) in [7, 11) is 0. The number of hydrogen-bond acceptors (Lipinski definition) is 4. The topological polar surface area (TPSA) is 50.4 Å². The number of rotatable bonds is 7. The molecule has 0 aliphatic heterocycles. The predicted octanol–water partition coefficient (Wildman–Crippen LogP) is 5.89. The molecule has 0 amide bonds. The number of benzene rings is 2. The van der Waals surface area contributed by atoms with Crippen LogP contribution in [0.1, 0.15) is 40.2 Å². The molecule has 0 saturated carbocycles. The highest BCUT2D eigenvalue weighted by Crippen LogP contribution is 2.31. The Bertz CT molecular complexity index is 984. The maximum atomic E-state index is 12.4. The molecule has 4 nitrogen and oxygen atoms in total. The minimum absolute atomic E-state index is 0.328. The molecule has 2 aromatic carbocycles.